The van der Waals surface area contributed by atoms with Crippen molar-refractivity contribution in [1.29, 1.82) is 0 Å². The second kappa shape index (κ2) is 8.19. The van der Waals surface area contributed by atoms with Gasteiger partial charge in [-0.25, -0.2) is 8.42 Å². The van der Waals surface area contributed by atoms with E-state index in [9.17, 15) is 13.2 Å². The fourth-order valence-corrected chi connectivity index (χ4v) is 3.18. The molecule has 2 rings (SSSR count). The first-order valence-corrected chi connectivity index (χ1v) is 10.2. The molecule has 2 aromatic carbocycles. The number of rotatable bonds is 6. The topological polar surface area (TPSA) is 75.3 Å². The number of nitrogens with one attached hydrogen (secondary N) is 2. The van der Waals surface area contributed by atoms with Crippen molar-refractivity contribution >= 4 is 27.7 Å². The molecule has 1 atom stereocenters. The molecule has 0 aliphatic rings. The van der Waals surface area contributed by atoms with Gasteiger partial charge in [-0.05, 0) is 55.7 Å². The summed E-state index contributed by atoms with van der Waals surface area (Å²) in [6.45, 7) is 6.01. The second-order valence-electron chi connectivity index (χ2n) is 6.42. The molecule has 0 heterocycles. The van der Waals surface area contributed by atoms with Gasteiger partial charge in [0.25, 0.3) is 0 Å². The smallest absolute Gasteiger partial charge is 0.244 e. The van der Waals surface area contributed by atoms with Crippen LogP contribution in [0.1, 0.15) is 35.2 Å². The van der Waals surface area contributed by atoms with Crippen LogP contribution in [0.5, 0.6) is 0 Å². The van der Waals surface area contributed by atoms with Crippen LogP contribution in [0.2, 0.25) is 0 Å². The quantitative estimate of drug-likeness (QED) is 0.761. The molecule has 138 valence electrons. The molecule has 0 bridgehead atoms. The Morgan fingerprint density at radius 1 is 1.08 bits per heavy atom. The first-order chi connectivity index (χ1) is 12.1. The van der Waals surface area contributed by atoms with E-state index in [0.717, 1.165) is 28.5 Å². The van der Waals surface area contributed by atoms with Crippen LogP contribution < -0.4 is 10.0 Å². The number of carbonyl (C=O) groups excluding carboxylic acids is 1. The van der Waals surface area contributed by atoms with Crippen LogP contribution in [-0.4, -0.2) is 20.6 Å². The lowest BCUT2D eigenvalue weighted by Gasteiger charge is -2.16. The molecule has 0 spiro atoms. The molecule has 5 nitrogen and oxygen atoms in total. The number of carbonyl (C=O) groups is 1. The fourth-order valence-electron chi connectivity index (χ4n) is 2.61. The van der Waals surface area contributed by atoms with Crippen molar-refractivity contribution in [2.75, 3.05) is 11.0 Å². The Labute approximate surface area is 155 Å². The van der Waals surface area contributed by atoms with Crippen LogP contribution in [0.15, 0.2) is 48.5 Å². The van der Waals surface area contributed by atoms with E-state index >= 15 is 0 Å². The van der Waals surface area contributed by atoms with Crippen molar-refractivity contribution in [2.24, 2.45) is 0 Å². The lowest BCUT2D eigenvalue weighted by Crippen LogP contribution is -2.25. The van der Waals surface area contributed by atoms with Gasteiger partial charge in [-0.2, -0.15) is 0 Å². The fraction of sp³-hybridized carbons (Fsp3) is 0.250. The molecule has 0 fully saturated rings. The van der Waals surface area contributed by atoms with Crippen molar-refractivity contribution in [3.8, 4) is 0 Å². The number of sulfonamides is 1. The maximum absolute atomic E-state index is 12.2. The summed E-state index contributed by atoms with van der Waals surface area (Å²) >= 11 is 0. The van der Waals surface area contributed by atoms with Gasteiger partial charge in [0.1, 0.15) is 0 Å². The molecule has 0 aliphatic heterocycles. The van der Waals surface area contributed by atoms with E-state index in [0.29, 0.717) is 5.69 Å². The minimum absolute atomic E-state index is 0.0895. The summed E-state index contributed by atoms with van der Waals surface area (Å²) in [4.78, 5) is 12.2. The van der Waals surface area contributed by atoms with E-state index in [1.165, 1.54) is 6.08 Å². The van der Waals surface area contributed by atoms with Crippen LogP contribution in [-0.2, 0) is 14.8 Å². The van der Waals surface area contributed by atoms with Crippen LogP contribution in [0, 0.1) is 13.8 Å². The largest absolute Gasteiger partial charge is 0.346 e. The highest BCUT2D eigenvalue weighted by molar-refractivity contribution is 7.92. The molecular weight excluding hydrogens is 348 g/mol. The van der Waals surface area contributed by atoms with Gasteiger partial charge in [0, 0.05) is 11.8 Å². The van der Waals surface area contributed by atoms with E-state index < -0.39 is 10.0 Å². The average molecular weight is 372 g/mol. The maximum Gasteiger partial charge on any atom is 0.244 e. The molecule has 0 radical (unpaired) electrons. The summed E-state index contributed by atoms with van der Waals surface area (Å²) in [5.74, 6) is -0.184. The molecule has 0 aromatic heterocycles. The van der Waals surface area contributed by atoms with Crippen molar-refractivity contribution in [1.82, 2.24) is 5.32 Å². The zero-order valence-corrected chi connectivity index (χ0v) is 16.2. The van der Waals surface area contributed by atoms with Gasteiger partial charge in [-0.1, -0.05) is 35.9 Å². The zero-order valence-electron chi connectivity index (χ0n) is 15.4. The van der Waals surface area contributed by atoms with E-state index in [1.54, 1.807) is 30.3 Å². The Morgan fingerprint density at radius 3 is 2.35 bits per heavy atom. The number of aryl methyl sites for hydroxylation is 2. The monoisotopic (exact) mass is 372 g/mol. The third kappa shape index (κ3) is 6.04. The first-order valence-electron chi connectivity index (χ1n) is 8.27. The predicted octanol–water partition coefficient (Wildman–Crippen LogP) is 3.57. The van der Waals surface area contributed by atoms with Gasteiger partial charge < -0.3 is 5.32 Å². The van der Waals surface area contributed by atoms with Crippen LogP contribution in [0.3, 0.4) is 0 Å². The molecule has 1 unspecified atom stereocenters. The van der Waals surface area contributed by atoms with Gasteiger partial charge in [-0.15, -0.1) is 0 Å². The van der Waals surface area contributed by atoms with Gasteiger partial charge in [0.05, 0.1) is 12.3 Å². The summed E-state index contributed by atoms with van der Waals surface area (Å²) in [6, 6.07) is 12.9. The number of amides is 1. The Hall–Kier alpha value is -2.60. The summed E-state index contributed by atoms with van der Waals surface area (Å²) in [5.41, 5.74) is 4.69. The molecular formula is C20H24N2O3S. The van der Waals surface area contributed by atoms with Gasteiger partial charge in [0.15, 0.2) is 0 Å². The zero-order chi connectivity index (χ0) is 19.3. The van der Waals surface area contributed by atoms with Crippen LogP contribution in [0.4, 0.5) is 5.69 Å². The van der Waals surface area contributed by atoms with E-state index in [1.807, 2.05) is 20.8 Å². The molecule has 2 N–H and O–H groups in total. The average Bonchev–Trinajstić information content (AvgIpc) is 2.55. The summed E-state index contributed by atoms with van der Waals surface area (Å²) in [5, 5.41) is 2.96. The molecule has 1 amide bonds. The van der Waals surface area contributed by atoms with Crippen molar-refractivity contribution in [3.05, 3.63) is 70.8 Å². The van der Waals surface area contributed by atoms with Gasteiger partial charge in [0.2, 0.25) is 15.9 Å². The SMILES string of the molecule is Cc1ccc(C)c(C(C)NC(=O)/C=C/c2ccc(NS(C)(=O)=O)cc2)c1. The number of hydrogen-bond donors (Lipinski definition) is 2. The lowest BCUT2D eigenvalue weighted by molar-refractivity contribution is -0.117. The molecule has 26 heavy (non-hydrogen) atoms. The van der Waals surface area contributed by atoms with E-state index in [2.05, 4.69) is 28.2 Å². The Kier molecular flexibility index (Phi) is 6.21. The number of hydrogen-bond acceptors (Lipinski definition) is 3. The molecule has 0 saturated heterocycles. The van der Waals surface area contributed by atoms with Gasteiger partial charge >= 0.3 is 0 Å². The summed E-state index contributed by atoms with van der Waals surface area (Å²) in [7, 11) is -3.29. The molecule has 6 heteroatoms. The lowest BCUT2D eigenvalue weighted by atomic mass is 10.00. The molecule has 2 aromatic rings. The van der Waals surface area contributed by atoms with Crippen molar-refractivity contribution in [3.63, 3.8) is 0 Å². The van der Waals surface area contributed by atoms with E-state index in [4.69, 9.17) is 0 Å². The van der Waals surface area contributed by atoms with Crippen molar-refractivity contribution in [2.45, 2.75) is 26.8 Å². The number of benzene rings is 2. The van der Waals surface area contributed by atoms with E-state index in [-0.39, 0.29) is 11.9 Å². The highest BCUT2D eigenvalue weighted by atomic mass is 32.2. The second-order valence-corrected chi connectivity index (χ2v) is 8.17. The van der Waals surface area contributed by atoms with Crippen LogP contribution >= 0.6 is 0 Å². The standard InChI is InChI=1S/C20H24N2O3S/c1-14-5-6-15(2)19(13-14)16(3)21-20(23)12-9-17-7-10-18(11-8-17)22-26(4,24)25/h5-13,16,22H,1-4H3,(H,21,23)/b12-9+. The Morgan fingerprint density at radius 2 is 1.73 bits per heavy atom. The number of anilines is 1. The Bertz CT molecular complexity index is 917. The summed E-state index contributed by atoms with van der Waals surface area (Å²) < 4.78 is 24.8. The highest BCUT2D eigenvalue weighted by Crippen LogP contribution is 2.19. The molecule has 0 aliphatic carbocycles. The minimum atomic E-state index is -3.29. The normalized spacial score (nSPS) is 12.8. The Balaban J connectivity index is 1.99. The highest BCUT2D eigenvalue weighted by Gasteiger charge is 2.10. The maximum atomic E-state index is 12.2. The third-order valence-corrected chi connectivity index (χ3v) is 4.51. The predicted molar refractivity (Wildman–Crippen MR) is 106 cm³/mol. The van der Waals surface area contributed by atoms with Crippen LogP contribution in [0.25, 0.3) is 6.08 Å². The van der Waals surface area contributed by atoms with Gasteiger partial charge in [-0.3, -0.25) is 9.52 Å². The summed E-state index contributed by atoms with van der Waals surface area (Å²) in [6.07, 6.45) is 4.26. The first kappa shape index (κ1) is 19.7. The van der Waals surface area contributed by atoms with Crippen molar-refractivity contribution < 1.29 is 13.2 Å². The molecule has 0 saturated carbocycles. The minimum Gasteiger partial charge on any atom is -0.346 e. The third-order valence-electron chi connectivity index (χ3n) is 3.90.